The number of anilines is 1. The molecule has 0 saturated carbocycles. The lowest BCUT2D eigenvalue weighted by atomic mass is 9.96. The number of aryl methyl sites for hydroxylation is 1. The summed E-state index contributed by atoms with van der Waals surface area (Å²) in [7, 11) is 1.83. The Bertz CT molecular complexity index is 1800. The van der Waals surface area contributed by atoms with E-state index in [-0.39, 0.29) is 23.4 Å². The van der Waals surface area contributed by atoms with Crippen LogP contribution in [0.2, 0.25) is 5.02 Å². The van der Waals surface area contributed by atoms with E-state index in [2.05, 4.69) is 20.4 Å². The number of benzene rings is 1. The summed E-state index contributed by atoms with van der Waals surface area (Å²) in [5, 5.41) is 7.95. The number of hydrogen-bond acceptors (Lipinski definition) is 6. The number of pyridine rings is 2. The van der Waals surface area contributed by atoms with Gasteiger partial charge in [-0.2, -0.15) is 5.10 Å². The van der Waals surface area contributed by atoms with Crippen LogP contribution in [0.4, 0.5) is 5.69 Å². The van der Waals surface area contributed by atoms with Crippen LogP contribution in [0, 0.1) is 5.92 Å². The number of carbonyl (C=O) groups excluding carboxylic acids is 1. The molecule has 5 aromatic rings. The van der Waals surface area contributed by atoms with Gasteiger partial charge in [-0.3, -0.25) is 28.8 Å². The quantitative estimate of drug-likeness (QED) is 0.297. The summed E-state index contributed by atoms with van der Waals surface area (Å²) in [6.45, 7) is 1.91. The number of nitrogens with zero attached hydrogens (tertiary/aromatic N) is 6. The number of fused-ring (bicyclic) bond motifs is 4. The molecule has 10 heteroatoms. The van der Waals surface area contributed by atoms with Crippen molar-refractivity contribution in [3.05, 3.63) is 101 Å². The monoisotopic (exact) mass is 565 g/mol. The number of aromatic nitrogens is 6. The van der Waals surface area contributed by atoms with Crippen molar-refractivity contribution in [2.24, 2.45) is 13.0 Å². The molecule has 1 aromatic carbocycles. The van der Waals surface area contributed by atoms with E-state index in [1.807, 2.05) is 56.4 Å². The molecule has 0 fully saturated rings. The van der Waals surface area contributed by atoms with Crippen molar-refractivity contribution in [1.82, 2.24) is 29.3 Å². The molecular weight excluding hydrogens is 538 g/mol. The Labute approximate surface area is 241 Å². The SMILES string of the molecule is CC1CCCC(n2cnc(-c3cc(Cl)ccc3-c3ccncc3)cc2=O)c2cc(ccn2)-c2c(cnn2C)NC1=O. The molecule has 4 aromatic heterocycles. The molecule has 0 radical (unpaired) electrons. The Morgan fingerprint density at radius 3 is 2.54 bits per heavy atom. The molecule has 2 unspecified atom stereocenters. The van der Waals surface area contributed by atoms with Gasteiger partial charge in [0, 0.05) is 53.8 Å². The molecule has 0 saturated heterocycles. The number of amides is 1. The van der Waals surface area contributed by atoms with Crippen LogP contribution in [0.1, 0.15) is 37.9 Å². The highest BCUT2D eigenvalue weighted by Crippen LogP contribution is 2.34. The first-order chi connectivity index (χ1) is 19.9. The number of hydrogen-bond donors (Lipinski definition) is 1. The Kier molecular flexibility index (Phi) is 7.19. The molecule has 5 heterocycles. The van der Waals surface area contributed by atoms with E-state index in [9.17, 15) is 9.59 Å². The second-order valence-corrected chi connectivity index (χ2v) is 10.7. The van der Waals surface area contributed by atoms with Crippen molar-refractivity contribution in [3.8, 4) is 33.6 Å². The normalized spacial score (nSPS) is 17.2. The second kappa shape index (κ2) is 11.1. The minimum Gasteiger partial charge on any atom is -0.323 e. The van der Waals surface area contributed by atoms with Gasteiger partial charge in [0.25, 0.3) is 5.56 Å². The van der Waals surface area contributed by atoms with Gasteiger partial charge in [-0.05, 0) is 60.4 Å². The van der Waals surface area contributed by atoms with E-state index in [1.54, 1.807) is 46.4 Å². The lowest BCUT2D eigenvalue weighted by molar-refractivity contribution is -0.119. The van der Waals surface area contributed by atoms with Crippen molar-refractivity contribution < 1.29 is 4.79 Å². The van der Waals surface area contributed by atoms with Crippen molar-refractivity contribution in [3.63, 3.8) is 0 Å². The molecule has 9 nitrogen and oxygen atoms in total. The van der Waals surface area contributed by atoms with Crippen LogP contribution in [0.15, 0.2) is 84.4 Å². The van der Waals surface area contributed by atoms with Crippen molar-refractivity contribution in [1.29, 1.82) is 0 Å². The minimum absolute atomic E-state index is 0.0552. The zero-order chi connectivity index (χ0) is 28.5. The lowest BCUT2D eigenvalue weighted by Gasteiger charge is -2.22. The standard InChI is InChI=1S/C31H28ClN7O2/c1-19-4-3-5-28(26-14-21(10-13-34-26)30-27(37-31(19)41)17-36-38(30)2)39-18-35-25(16-29(39)40)24-15-22(32)6-7-23(24)20-8-11-33-12-9-20/h6-19,28H,3-5H2,1-2H3,(H,37,41). The first-order valence-corrected chi connectivity index (χ1v) is 13.8. The molecule has 0 aliphatic carbocycles. The Hall–Kier alpha value is -4.63. The second-order valence-electron chi connectivity index (χ2n) is 10.3. The molecule has 1 aliphatic rings. The first kappa shape index (κ1) is 26.6. The fourth-order valence-electron chi connectivity index (χ4n) is 5.39. The lowest BCUT2D eigenvalue weighted by Crippen LogP contribution is -2.27. The third-order valence-electron chi connectivity index (χ3n) is 7.58. The van der Waals surface area contributed by atoms with Crippen LogP contribution < -0.4 is 10.9 Å². The average molecular weight is 566 g/mol. The predicted molar refractivity (Wildman–Crippen MR) is 158 cm³/mol. The van der Waals surface area contributed by atoms with Crippen molar-refractivity contribution >= 4 is 23.2 Å². The van der Waals surface area contributed by atoms with Crippen LogP contribution in [0.25, 0.3) is 33.6 Å². The summed E-state index contributed by atoms with van der Waals surface area (Å²) in [5.41, 5.74) is 5.95. The minimum atomic E-state index is -0.366. The van der Waals surface area contributed by atoms with Gasteiger partial charge in [0.2, 0.25) is 5.91 Å². The molecule has 2 atom stereocenters. The zero-order valence-electron chi connectivity index (χ0n) is 22.7. The van der Waals surface area contributed by atoms with Gasteiger partial charge in [-0.15, -0.1) is 0 Å². The molecule has 0 spiro atoms. The van der Waals surface area contributed by atoms with E-state index in [0.29, 0.717) is 29.2 Å². The van der Waals surface area contributed by atoms with Crippen LogP contribution >= 0.6 is 11.6 Å². The van der Waals surface area contributed by atoms with Crippen LogP contribution in [0.5, 0.6) is 0 Å². The number of carbonyl (C=O) groups is 1. The first-order valence-electron chi connectivity index (χ1n) is 13.5. The van der Waals surface area contributed by atoms with E-state index in [4.69, 9.17) is 16.6 Å². The number of rotatable bonds is 3. The summed E-state index contributed by atoms with van der Waals surface area (Å²) in [5.74, 6) is -0.263. The van der Waals surface area contributed by atoms with Gasteiger partial charge in [-0.1, -0.05) is 31.0 Å². The molecule has 1 amide bonds. The Morgan fingerprint density at radius 1 is 0.927 bits per heavy atom. The summed E-state index contributed by atoms with van der Waals surface area (Å²) in [6.07, 6.45) is 10.4. The maximum atomic E-state index is 13.7. The summed E-state index contributed by atoms with van der Waals surface area (Å²) in [6, 6.07) is 14.4. The highest BCUT2D eigenvalue weighted by molar-refractivity contribution is 6.31. The van der Waals surface area contributed by atoms with Crippen LogP contribution in [-0.2, 0) is 11.8 Å². The topological polar surface area (TPSA) is 108 Å². The van der Waals surface area contributed by atoms with Crippen LogP contribution in [-0.4, -0.2) is 35.2 Å². The average Bonchev–Trinajstić information content (AvgIpc) is 3.34. The van der Waals surface area contributed by atoms with Gasteiger partial charge in [0.1, 0.15) is 0 Å². The van der Waals surface area contributed by atoms with E-state index < -0.39 is 0 Å². The Morgan fingerprint density at radius 2 is 1.73 bits per heavy atom. The number of nitrogens with one attached hydrogen (secondary N) is 1. The maximum absolute atomic E-state index is 13.7. The number of halogens is 1. The third-order valence-corrected chi connectivity index (χ3v) is 7.81. The predicted octanol–water partition coefficient (Wildman–Crippen LogP) is 5.77. The van der Waals surface area contributed by atoms with Crippen molar-refractivity contribution in [2.75, 3.05) is 5.32 Å². The van der Waals surface area contributed by atoms with E-state index >= 15 is 0 Å². The summed E-state index contributed by atoms with van der Waals surface area (Å²) < 4.78 is 3.36. The molecule has 6 rings (SSSR count). The molecule has 2 bridgehead atoms. The van der Waals surface area contributed by atoms with Gasteiger partial charge in [0.05, 0.1) is 41.3 Å². The zero-order valence-corrected chi connectivity index (χ0v) is 23.4. The van der Waals surface area contributed by atoms with Gasteiger partial charge >= 0.3 is 0 Å². The fraction of sp³-hybridized carbons (Fsp3) is 0.226. The van der Waals surface area contributed by atoms with Crippen LogP contribution in [0.3, 0.4) is 0 Å². The smallest absolute Gasteiger partial charge is 0.254 e. The van der Waals surface area contributed by atoms with E-state index in [0.717, 1.165) is 40.1 Å². The van der Waals surface area contributed by atoms with Gasteiger partial charge in [-0.25, -0.2) is 4.98 Å². The van der Waals surface area contributed by atoms with Gasteiger partial charge in [0.15, 0.2) is 0 Å². The third kappa shape index (κ3) is 5.28. The molecule has 206 valence electrons. The molecule has 41 heavy (non-hydrogen) atoms. The highest BCUT2D eigenvalue weighted by atomic mass is 35.5. The van der Waals surface area contributed by atoms with Gasteiger partial charge < -0.3 is 5.32 Å². The van der Waals surface area contributed by atoms with Crippen molar-refractivity contribution in [2.45, 2.75) is 32.2 Å². The maximum Gasteiger partial charge on any atom is 0.254 e. The summed E-state index contributed by atoms with van der Waals surface area (Å²) >= 11 is 6.37. The van der Waals surface area contributed by atoms with E-state index in [1.165, 1.54) is 0 Å². The summed E-state index contributed by atoms with van der Waals surface area (Å²) in [4.78, 5) is 40.2. The fourth-order valence-corrected chi connectivity index (χ4v) is 5.56. The largest absolute Gasteiger partial charge is 0.323 e. The molecular formula is C31H28ClN7O2. The highest BCUT2D eigenvalue weighted by Gasteiger charge is 2.24. The molecule has 1 aliphatic heterocycles. The Balaban J connectivity index is 1.44. The molecule has 1 N–H and O–H groups in total.